The molecule has 5 N–H and O–H groups in total. The van der Waals surface area contributed by atoms with E-state index in [1.165, 1.54) is 13.3 Å². The Morgan fingerprint density at radius 3 is 2.80 bits per heavy atom. The SMILES string of the molecule is CC(=O)c1sc(NCCc2ncon2)c(C(N)=O)c1N. The molecule has 0 aliphatic rings. The molecule has 0 unspecified atom stereocenters. The highest BCUT2D eigenvalue weighted by molar-refractivity contribution is 7.19. The number of nitrogens with two attached hydrogens (primary N) is 2. The number of rotatable bonds is 6. The summed E-state index contributed by atoms with van der Waals surface area (Å²) in [4.78, 5) is 27.1. The van der Waals surface area contributed by atoms with Gasteiger partial charge in [-0.3, -0.25) is 9.59 Å². The van der Waals surface area contributed by atoms with Gasteiger partial charge in [-0.2, -0.15) is 4.98 Å². The van der Waals surface area contributed by atoms with Crippen LogP contribution in [-0.4, -0.2) is 28.4 Å². The van der Waals surface area contributed by atoms with Crippen LogP contribution in [0.4, 0.5) is 10.7 Å². The molecule has 9 heteroatoms. The van der Waals surface area contributed by atoms with E-state index in [4.69, 9.17) is 11.5 Å². The minimum absolute atomic E-state index is 0.122. The Morgan fingerprint density at radius 2 is 2.25 bits per heavy atom. The molecule has 0 fully saturated rings. The smallest absolute Gasteiger partial charge is 0.253 e. The summed E-state index contributed by atoms with van der Waals surface area (Å²) in [6, 6.07) is 0. The maximum atomic E-state index is 11.4. The number of anilines is 2. The molecular formula is C11H13N5O3S. The van der Waals surface area contributed by atoms with Gasteiger partial charge < -0.3 is 21.3 Å². The minimum Gasteiger partial charge on any atom is -0.397 e. The lowest BCUT2D eigenvalue weighted by Gasteiger charge is -2.03. The Bertz CT molecular complexity index is 635. The van der Waals surface area contributed by atoms with Gasteiger partial charge in [-0.1, -0.05) is 5.16 Å². The number of nitrogens with one attached hydrogen (secondary N) is 1. The van der Waals surface area contributed by atoms with E-state index in [-0.39, 0.29) is 17.0 Å². The zero-order valence-corrected chi connectivity index (χ0v) is 11.5. The Hall–Kier alpha value is -2.42. The number of aromatic nitrogens is 2. The van der Waals surface area contributed by atoms with Crippen molar-refractivity contribution >= 4 is 33.7 Å². The van der Waals surface area contributed by atoms with Gasteiger partial charge in [-0.25, -0.2) is 0 Å². The lowest BCUT2D eigenvalue weighted by molar-refractivity contribution is 0.100. The number of nitrogens with zero attached hydrogens (tertiary/aromatic N) is 2. The Morgan fingerprint density at radius 1 is 1.50 bits per heavy atom. The highest BCUT2D eigenvalue weighted by atomic mass is 32.1. The highest BCUT2D eigenvalue weighted by Gasteiger charge is 2.22. The second-order valence-corrected chi connectivity index (χ2v) is 5.01. The fourth-order valence-electron chi connectivity index (χ4n) is 1.66. The molecule has 0 atom stereocenters. The van der Waals surface area contributed by atoms with Gasteiger partial charge in [0.2, 0.25) is 6.39 Å². The fourth-order valence-corrected chi connectivity index (χ4v) is 2.71. The summed E-state index contributed by atoms with van der Waals surface area (Å²) in [7, 11) is 0. The lowest BCUT2D eigenvalue weighted by Crippen LogP contribution is -2.16. The summed E-state index contributed by atoms with van der Waals surface area (Å²) in [5.41, 5.74) is 11.3. The summed E-state index contributed by atoms with van der Waals surface area (Å²) in [5.74, 6) is -0.344. The Labute approximate surface area is 118 Å². The third-order valence-electron chi connectivity index (χ3n) is 2.55. The largest absolute Gasteiger partial charge is 0.397 e. The number of carbonyl (C=O) groups is 2. The van der Waals surface area contributed by atoms with Crippen molar-refractivity contribution in [2.75, 3.05) is 17.6 Å². The van der Waals surface area contributed by atoms with Crippen LogP contribution in [0.15, 0.2) is 10.9 Å². The Kier molecular flexibility index (Phi) is 3.99. The zero-order chi connectivity index (χ0) is 14.7. The first-order valence-electron chi connectivity index (χ1n) is 5.72. The number of hydrogen-bond donors (Lipinski definition) is 3. The van der Waals surface area contributed by atoms with E-state index in [0.717, 1.165) is 11.3 Å². The van der Waals surface area contributed by atoms with E-state index in [1.54, 1.807) is 0 Å². The molecule has 0 spiro atoms. The molecule has 0 bridgehead atoms. The average Bonchev–Trinajstić information content (AvgIpc) is 2.97. The molecule has 0 saturated carbocycles. The monoisotopic (exact) mass is 295 g/mol. The van der Waals surface area contributed by atoms with Gasteiger partial charge in [-0.05, 0) is 0 Å². The van der Waals surface area contributed by atoms with Gasteiger partial charge in [0.15, 0.2) is 11.6 Å². The molecule has 0 aliphatic carbocycles. The van der Waals surface area contributed by atoms with Crippen LogP contribution >= 0.6 is 11.3 Å². The Balaban J connectivity index is 2.16. The van der Waals surface area contributed by atoms with Crippen molar-refractivity contribution < 1.29 is 14.1 Å². The summed E-state index contributed by atoms with van der Waals surface area (Å²) in [6.45, 7) is 1.84. The predicted molar refractivity (Wildman–Crippen MR) is 73.7 cm³/mol. The number of carbonyl (C=O) groups excluding carboxylic acids is 2. The molecule has 2 rings (SSSR count). The molecule has 20 heavy (non-hydrogen) atoms. The van der Waals surface area contributed by atoms with Gasteiger partial charge in [-0.15, -0.1) is 11.3 Å². The van der Waals surface area contributed by atoms with Crippen LogP contribution in [0.25, 0.3) is 0 Å². The van der Waals surface area contributed by atoms with Gasteiger partial charge in [0, 0.05) is 19.9 Å². The van der Waals surface area contributed by atoms with Crippen molar-refractivity contribution in [3.63, 3.8) is 0 Å². The molecule has 2 aromatic rings. The predicted octanol–water partition coefficient (Wildman–Crippen LogP) is 0.669. The van der Waals surface area contributed by atoms with E-state index >= 15 is 0 Å². The van der Waals surface area contributed by atoms with Crippen LogP contribution in [0.3, 0.4) is 0 Å². The molecule has 0 aliphatic heterocycles. The van der Waals surface area contributed by atoms with Crippen molar-refractivity contribution in [1.82, 2.24) is 10.1 Å². The highest BCUT2D eigenvalue weighted by Crippen LogP contribution is 2.35. The van der Waals surface area contributed by atoms with Gasteiger partial charge in [0.05, 0.1) is 16.1 Å². The number of ketones is 1. The standard InChI is InChI=1S/C11H13N5O3S/c1-5(17)9-8(12)7(10(13)18)11(20-9)14-3-2-6-15-4-19-16-6/h4,14H,2-3,12H2,1H3,(H2,13,18). The minimum atomic E-state index is -0.673. The second-order valence-electron chi connectivity index (χ2n) is 3.99. The summed E-state index contributed by atoms with van der Waals surface area (Å²) in [5, 5.41) is 7.15. The van der Waals surface area contributed by atoms with Gasteiger partial charge in [0.25, 0.3) is 5.91 Å². The topological polar surface area (TPSA) is 137 Å². The van der Waals surface area contributed by atoms with E-state index in [9.17, 15) is 9.59 Å². The molecule has 0 radical (unpaired) electrons. The molecule has 0 saturated heterocycles. The molecule has 2 heterocycles. The molecular weight excluding hydrogens is 282 g/mol. The van der Waals surface area contributed by atoms with E-state index in [2.05, 4.69) is 20.0 Å². The van der Waals surface area contributed by atoms with Crippen LogP contribution in [0.5, 0.6) is 0 Å². The van der Waals surface area contributed by atoms with Crippen LogP contribution < -0.4 is 16.8 Å². The number of nitrogen functional groups attached to an aromatic ring is 1. The molecule has 8 nitrogen and oxygen atoms in total. The van der Waals surface area contributed by atoms with Crippen LogP contribution in [0.2, 0.25) is 0 Å². The number of primary amides is 1. The van der Waals surface area contributed by atoms with E-state index < -0.39 is 5.91 Å². The zero-order valence-electron chi connectivity index (χ0n) is 10.7. The van der Waals surface area contributed by atoms with Crippen molar-refractivity contribution in [3.05, 3.63) is 22.7 Å². The molecule has 106 valence electrons. The maximum absolute atomic E-state index is 11.4. The normalized spacial score (nSPS) is 10.4. The van der Waals surface area contributed by atoms with E-state index in [0.29, 0.717) is 28.7 Å². The van der Waals surface area contributed by atoms with Gasteiger partial charge in [0.1, 0.15) is 5.00 Å². The first kappa shape index (κ1) is 14.0. The van der Waals surface area contributed by atoms with Crippen molar-refractivity contribution in [2.24, 2.45) is 5.73 Å². The first-order chi connectivity index (χ1) is 9.50. The van der Waals surface area contributed by atoms with Crippen molar-refractivity contribution in [1.29, 1.82) is 0 Å². The third kappa shape index (κ3) is 2.77. The van der Waals surface area contributed by atoms with Crippen LogP contribution in [-0.2, 0) is 6.42 Å². The summed E-state index contributed by atoms with van der Waals surface area (Å²) < 4.78 is 4.61. The third-order valence-corrected chi connectivity index (χ3v) is 3.82. The number of amides is 1. The number of hydrogen-bond acceptors (Lipinski definition) is 8. The maximum Gasteiger partial charge on any atom is 0.253 e. The quantitative estimate of drug-likeness (QED) is 0.666. The average molecular weight is 295 g/mol. The summed E-state index contributed by atoms with van der Waals surface area (Å²) in [6.07, 6.45) is 1.74. The van der Waals surface area contributed by atoms with Crippen molar-refractivity contribution in [3.8, 4) is 0 Å². The van der Waals surface area contributed by atoms with Crippen molar-refractivity contribution in [2.45, 2.75) is 13.3 Å². The number of Topliss-reactive ketones (excluding diaryl/α,β-unsaturated/α-hetero) is 1. The lowest BCUT2D eigenvalue weighted by atomic mass is 10.2. The van der Waals surface area contributed by atoms with Crippen LogP contribution in [0.1, 0.15) is 32.8 Å². The molecule has 0 aromatic carbocycles. The number of thiophene rings is 1. The first-order valence-corrected chi connectivity index (χ1v) is 6.54. The molecule has 2 aromatic heterocycles. The van der Waals surface area contributed by atoms with Crippen LogP contribution in [0, 0.1) is 0 Å². The summed E-state index contributed by atoms with van der Waals surface area (Å²) >= 11 is 1.11. The van der Waals surface area contributed by atoms with Gasteiger partial charge >= 0.3 is 0 Å². The van der Waals surface area contributed by atoms with E-state index in [1.807, 2.05) is 0 Å². The fraction of sp³-hybridized carbons (Fsp3) is 0.273. The molecule has 1 amide bonds. The second kappa shape index (κ2) is 5.70.